The van der Waals surface area contributed by atoms with Crippen LogP contribution in [0.2, 0.25) is 0 Å². The van der Waals surface area contributed by atoms with Crippen molar-refractivity contribution in [1.29, 1.82) is 0 Å². The van der Waals surface area contributed by atoms with E-state index in [9.17, 15) is 10.2 Å². The van der Waals surface area contributed by atoms with Gasteiger partial charge in [-0.15, -0.1) is 6.58 Å². The molecule has 0 amide bonds. The fraction of sp³-hybridized carbons (Fsp3) is 0.412. The van der Waals surface area contributed by atoms with Gasteiger partial charge in [-0.2, -0.15) is 0 Å². The maximum Gasteiger partial charge on any atom is 0.0468 e. The van der Waals surface area contributed by atoms with Crippen LogP contribution in [0, 0.1) is 23.7 Å². The first-order valence-corrected chi connectivity index (χ1v) is 6.87. The summed E-state index contributed by atoms with van der Waals surface area (Å²) in [5, 5.41) is 19.1. The number of rotatable bonds is 5. The second kappa shape index (κ2) is 6.69. The Balaban J connectivity index is 2.11. The van der Waals surface area contributed by atoms with Gasteiger partial charge in [-0.05, 0) is 35.7 Å². The van der Waals surface area contributed by atoms with Crippen LogP contribution < -0.4 is 0 Å². The van der Waals surface area contributed by atoms with Crippen molar-refractivity contribution in [3.8, 4) is 0 Å². The first-order valence-electron chi connectivity index (χ1n) is 6.87. The van der Waals surface area contributed by atoms with Crippen LogP contribution in [-0.4, -0.2) is 23.4 Å². The minimum absolute atomic E-state index is 0.123. The summed E-state index contributed by atoms with van der Waals surface area (Å²) in [5.41, 5.74) is 1.17. The van der Waals surface area contributed by atoms with Crippen LogP contribution in [0.25, 0.3) is 6.08 Å². The van der Waals surface area contributed by atoms with Crippen LogP contribution in [0.4, 0.5) is 0 Å². The Bertz CT molecular complexity index is 424. The molecule has 0 aliphatic heterocycles. The lowest BCUT2D eigenvalue weighted by atomic mass is 9.88. The summed E-state index contributed by atoms with van der Waals surface area (Å²) < 4.78 is 0. The molecule has 0 saturated heterocycles. The van der Waals surface area contributed by atoms with Gasteiger partial charge in [-0.3, -0.25) is 0 Å². The molecule has 0 bridgehead atoms. The SMILES string of the molecule is C=C[C@H]1C[C@@H](C=Cc2ccccc2)[C@H](CO)[C@@H]1CO. The third-order valence-electron chi connectivity index (χ3n) is 4.25. The second-order valence-electron chi connectivity index (χ2n) is 5.26. The summed E-state index contributed by atoms with van der Waals surface area (Å²) >= 11 is 0. The zero-order valence-corrected chi connectivity index (χ0v) is 11.2. The average molecular weight is 258 g/mol. The predicted octanol–water partition coefficient (Wildman–Crippen LogP) is 2.74. The minimum Gasteiger partial charge on any atom is -0.396 e. The molecule has 1 aromatic carbocycles. The van der Waals surface area contributed by atoms with Gasteiger partial charge >= 0.3 is 0 Å². The van der Waals surface area contributed by atoms with Gasteiger partial charge < -0.3 is 10.2 Å². The number of aliphatic hydroxyl groups excluding tert-OH is 2. The normalized spacial score (nSPS) is 30.8. The molecule has 2 N–H and O–H groups in total. The van der Waals surface area contributed by atoms with Crippen molar-refractivity contribution in [3.05, 3.63) is 54.6 Å². The maximum atomic E-state index is 9.57. The van der Waals surface area contributed by atoms with Gasteiger partial charge in [-0.1, -0.05) is 48.6 Å². The third kappa shape index (κ3) is 3.14. The van der Waals surface area contributed by atoms with Gasteiger partial charge in [-0.25, -0.2) is 0 Å². The van der Waals surface area contributed by atoms with E-state index in [-0.39, 0.29) is 25.0 Å². The first kappa shape index (κ1) is 14.0. The summed E-state index contributed by atoms with van der Waals surface area (Å²) in [6.45, 7) is 4.09. The van der Waals surface area contributed by atoms with Crippen LogP contribution in [0.5, 0.6) is 0 Å². The van der Waals surface area contributed by atoms with Crippen molar-refractivity contribution in [2.75, 3.05) is 13.2 Å². The monoisotopic (exact) mass is 258 g/mol. The molecule has 2 heteroatoms. The van der Waals surface area contributed by atoms with E-state index < -0.39 is 0 Å². The highest BCUT2D eigenvalue weighted by Crippen LogP contribution is 2.42. The van der Waals surface area contributed by atoms with Crippen LogP contribution in [0.3, 0.4) is 0 Å². The molecule has 0 unspecified atom stereocenters. The van der Waals surface area contributed by atoms with Gasteiger partial charge in [0, 0.05) is 13.2 Å². The van der Waals surface area contributed by atoms with Gasteiger partial charge in [0.25, 0.3) is 0 Å². The number of benzene rings is 1. The topological polar surface area (TPSA) is 40.5 Å². The number of hydrogen-bond donors (Lipinski definition) is 2. The van der Waals surface area contributed by atoms with E-state index in [1.54, 1.807) is 0 Å². The highest BCUT2D eigenvalue weighted by Gasteiger charge is 2.39. The zero-order valence-electron chi connectivity index (χ0n) is 11.2. The summed E-state index contributed by atoms with van der Waals surface area (Å²) in [6.07, 6.45) is 7.15. The summed E-state index contributed by atoms with van der Waals surface area (Å²) in [6, 6.07) is 10.2. The fourth-order valence-electron chi connectivity index (χ4n) is 3.13. The van der Waals surface area contributed by atoms with Gasteiger partial charge in [0.1, 0.15) is 0 Å². The van der Waals surface area contributed by atoms with E-state index in [0.717, 1.165) is 6.42 Å². The van der Waals surface area contributed by atoms with Crippen molar-refractivity contribution in [3.63, 3.8) is 0 Å². The van der Waals surface area contributed by atoms with E-state index in [1.807, 2.05) is 24.3 Å². The molecule has 1 aromatic rings. The molecule has 0 spiro atoms. The Morgan fingerprint density at radius 1 is 1.05 bits per heavy atom. The lowest BCUT2D eigenvalue weighted by Gasteiger charge is -2.20. The van der Waals surface area contributed by atoms with Gasteiger partial charge in [0.2, 0.25) is 0 Å². The molecule has 2 rings (SSSR count). The molecular formula is C17H22O2. The quantitative estimate of drug-likeness (QED) is 0.797. The summed E-state index contributed by atoms with van der Waals surface area (Å²) in [5.74, 6) is 0.874. The van der Waals surface area contributed by atoms with Crippen molar-refractivity contribution < 1.29 is 10.2 Å². The largest absolute Gasteiger partial charge is 0.396 e. The van der Waals surface area contributed by atoms with Crippen molar-refractivity contribution in [2.45, 2.75) is 6.42 Å². The smallest absolute Gasteiger partial charge is 0.0468 e. The highest BCUT2D eigenvalue weighted by atomic mass is 16.3. The van der Waals surface area contributed by atoms with Crippen LogP contribution in [-0.2, 0) is 0 Å². The predicted molar refractivity (Wildman–Crippen MR) is 78.4 cm³/mol. The summed E-state index contributed by atoms with van der Waals surface area (Å²) in [7, 11) is 0. The maximum absolute atomic E-state index is 9.57. The number of hydrogen-bond acceptors (Lipinski definition) is 2. The Morgan fingerprint density at radius 3 is 2.26 bits per heavy atom. The average Bonchev–Trinajstić information content (AvgIpc) is 2.82. The Labute approximate surface area is 115 Å². The first-order chi connectivity index (χ1) is 9.30. The minimum atomic E-state index is 0.123. The Morgan fingerprint density at radius 2 is 1.68 bits per heavy atom. The van der Waals surface area contributed by atoms with E-state index in [0.29, 0.717) is 11.8 Å². The van der Waals surface area contributed by atoms with E-state index >= 15 is 0 Å². The van der Waals surface area contributed by atoms with E-state index in [1.165, 1.54) is 5.56 Å². The third-order valence-corrected chi connectivity index (χ3v) is 4.25. The van der Waals surface area contributed by atoms with E-state index in [4.69, 9.17) is 0 Å². The van der Waals surface area contributed by atoms with Crippen LogP contribution in [0.15, 0.2) is 49.1 Å². The Kier molecular flexibility index (Phi) is 4.94. The number of aliphatic hydroxyl groups is 2. The molecule has 1 fully saturated rings. The molecule has 1 aliphatic carbocycles. The zero-order chi connectivity index (χ0) is 13.7. The lowest BCUT2D eigenvalue weighted by molar-refractivity contribution is 0.118. The molecule has 0 radical (unpaired) electrons. The van der Waals surface area contributed by atoms with Crippen molar-refractivity contribution in [1.82, 2.24) is 0 Å². The number of allylic oxidation sites excluding steroid dienone is 2. The van der Waals surface area contributed by atoms with Crippen LogP contribution >= 0.6 is 0 Å². The fourth-order valence-corrected chi connectivity index (χ4v) is 3.13. The highest BCUT2D eigenvalue weighted by molar-refractivity contribution is 5.49. The molecule has 102 valence electrons. The van der Waals surface area contributed by atoms with Crippen LogP contribution in [0.1, 0.15) is 12.0 Å². The molecule has 0 heterocycles. The molecule has 0 aromatic heterocycles. The van der Waals surface area contributed by atoms with Gasteiger partial charge in [0.05, 0.1) is 0 Å². The molecule has 1 aliphatic rings. The molecule has 19 heavy (non-hydrogen) atoms. The molecule has 1 saturated carbocycles. The standard InChI is InChI=1S/C17H22O2/c1-2-14-10-15(17(12-19)16(14)11-18)9-8-13-6-4-3-5-7-13/h2-9,14-19H,1,10-12H2/t14-,15+,16+,17-/m0/s1. The van der Waals surface area contributed by atoms with Gasteiger partial charge in [0.15, 0.2) is 0 Å². The molecular weight excluding hydrogens is 236 g/mol. The lowest BCUT2D eigenvalue weighted by Crippen LogP contribution is -2.23. The van der Waals surface area contributed by atoms with Crippen molar-refractivity contribution in [2.24, 2.45) is 23.7 Å². The summed E-state index contributed by atoms with van der Waals surface area (Å²) in [4.78, 5) is 0. The van der Waals surface area contributed by atoms with Crippen molar-refractivity contribution >= 4 is 6.08 Å². The Hall–Kier alpha value is -1.38. The molecule has 4 atom stereocenters. The van der Waals surface area contributed by atoms with E-state index in [2.05, 4.69) is 30.9 Å². The molecule has 2 nitrogen and oxygen atoms in total. The second-order valence-corrected chi connectivity index (χ2v) is 5.26.